The molecule has 11 heteroatoms. The predicted octanol–water partition coefficient (Wildman–Crippen LogP) is -8.34. The number of likely N-dealkylation sites (N-methyl/N-ethyl adjacent to an activating group) is 1. The smallest absolute Gasteiger partial charge is 0.794 e. The normalized spacial score (nSPS) is 9.87. The number of nitrogens with zero attached hydrogens (tertiary/aromatic N) is 2. The molecule has 0 aromatic heterocycles. The van der Waals surface area contributed by atoms with Gasteiger partial charge in [-0.15, -0.1) is 0 Å². The van der Waals surface area contributed by atoms with Gasteiger partial charge in [-0.2, -0.15) is 0 Å². The number of aliphatic carboxylic acids is 1. The molecule has 0 unspecified atom stereocenters. The minimum absolute atomic E-state index is 0. The van der Waals surface area contributed by atoms with E-state index in [0.29, 0.717) is 5.01 Å². The van der Waals surface area contributed by atoms with Crippen molar-refractivity contribution in [3.05, 3.63) is 0 Å². The quantitative estimate of drug-likeness (QED) is 0.164. The second-order valence-corrected chi connectivity index (χ2v) is 3.47. The van der Waals surface area contributed by atoms with Crippen molar-refractivity contribution in [3.63, 3.8) is 0 Å². The van der Waals surface area contributed by atoms with Crippen LogP contribution in [0.4, 0.5) is 0 Å². The van der Waals surface area contributed by atoms with Gasteiger partial charge in [-0.05, 0) is 0 Å². The van der Waals surface area contributed by atoms with E-state index in [2.05, 4.69) is 0 Å². The first-order valence-corrected chi connectivity index (χ1v) is 4.53. The summed E-state index contributed by atoms with van der Waals surface area (Å²) in [7, 11) is -4.06. The molecule has 8 nitrogen and oxygen atoms in total. The van der Waals surface area contributed by atoms with Crippen LogP contribution in [0.3, 0.4) is 0 Å². The Morgan fingerprint density at radius 1 is 1.53 bits per heavy atom. The van der Waals surface area contributed by atoms with Crippen molar-refractivity contribution < 1.29 is 83.4 Å². The predicted molar refractivity (Wildman–Crippen MR) is 38.5 cm³/mol. The van der Waals surface area contributed by atoms with Gasteiger partial charge in [0.25, 0.3) is 0 Å². The number of hydrogen-bond donors (Lipinski definition) is 2. The van der Waals surface area contributed by atoms with Crippen LogP contribution in [0.5, 0.6) is 0 Å². The van der Waals surface area contributed by atoms with Gasteiger partial charge in [-0.25, -0.2) is 5.01 Å². The molecule has 0 fully saturated rings. The van der Waals surface area contributed by atoms with Crippen molar-refractivity contribution in [3.8, 4) is 0 Å². The van der Waals surface area contributed by atoms with Crippen molar-refractivity contribution in [1.29, 1.82) is 5.41 Å². The Kier molecular flexibility index (Phi) is 13.0. The van der Waals surface area contributed by atoms with Gasteiger partial charge in [0.15, 0.2) is 0 Å². The van der Waals surface area contributed by atoms with Crippen LogP contribution in [0.25, 0.3) is 0 Å². The zero-order valence-electron chi connectivity index (χ0n) is 8.71. The Morgan fingerprint density at radius 2 is 1.93 bits per heavy atom. The number of carbonyl (C=O) groups is 1. The Morgan fingerprint density at radius 3 is 2.13 bits per heavy atom. The first kappa shape index (κ1) is 21.3. The van der Waals surface area contributed by atoms with Crippen molar-refractivity contribution in [2.45, 2.75) is 0 Å². The van der Waals surface area contributed by atoms with E-state index in [1.807, 2.05) is 0 Å². The Bertz CT molecular complexity index is 259. The maximum absolute atomic E-state index is 10.4. The van der Waals surface area contributed by atoms with E-state index >= 15 is 0 Å². The van der Waals surface area contributed by atoms with Gasteiger partial charge < -0.3 is 19.5 Å². The van der Waals surface area contributed by atoms with Crippen molar-refractivity contribution in [1.82, 2.24) is 9.79 Å². The summed E-state index contributed by atoms with van der Waals surface area (Å²) in [5.41, 5.74) is 0. The molecule has 0 heterocycles. The molecule has 0 aromatic rings. The van der Waals surface area contributed by atoms with Crippen molar-refractivity contribution in [2.24, 2.45) is 0 Å². The molecule has 0 rings (SSSR count). The summed E-state index contributed by atoms with van der Waals surface area (Å²) in [4.78, 5) is 30.9. The largest absolute Gasteiger partial charge is 1.00 e. The average Bonchev–Trinajstić information content (AvgIpc) is 1.82. The molecule has 0 aliphatic rings. The molecule has 15 heavy (non-hydrogen) atoms. The summed E-state index contributed by atoms with van der Waals surface area (Å²) >= 11 is 0. The first-order valence-electron chi connectivity index (χ1n) is 3.04. The van der Waals surface area contributed by atoms with Crippen LogP contribution in [0, 0.1) is 5.41 Å². The molecule has 0 atom stereocenters. The fourth-order valence-electron chi connectivity index (χ4n) is 0.624. The van der Waals surface area contributed by atoms with Crippen LogP contribution in [-0.2, 0) is 9.36 Å². The summed E-state index contributed by atoms with van der Waals surface area (Å²) in [5, 5.41) is 15.4. The van der Waals surface area contributed by atoms with Crippen LogP contribution in [0.2, 0.25) is 0 Å². The van der Waals surface area contributed by atoms with Gasteiger partial charge >= 0.3 is 65.1 Å². The molecule has 0 radical (unpaired) electrons. The van der Waals surface area contributed by atoms with Gasteiger partial charge in [-0.1, -0.05) is 0 Å². The van der Waals surface area contributed by atoms with Gasteiger partial charge in [0.2, 0.25) is 0 Å². The summed E-state index contributed by atoms with van der Waals surface area (Å²) in [6.45, 7) is -0.677. The average molecular weight is 255 g/mol. The maximum atomic E-state index is 10.4. The van der Waals surface area contributed by atoms with Crippen LogP contribution in [-0.4, -0.2) is 40.8 Å². The van der Waals surface area contributed by atoms with Gasteiger partial charge in [0, 0.05) is 14.8 Å². The second-order valence-electron chi connectivity index (χ2n) is 2.13. The molecule has 0 aromatic carbocycles. The third-order valence-electron chi connectivity index (χ3n) is 1.08. The molecule has 0 spiro atoms. The Balaban J connectivity index is -0.000000720. The molecule has 0 aliphatic heterocycles. The third kappa shape index (κ3) is 8.82. The van der Waals surface area contributed by atoms with E-state index in [9.17, 15) is 19.1 Å². The standard InChI is InChI=1S/C4H10N3O5P.2Na/c1-6(2-4(8)9)7(3-5)13(10,11)12;;/h3,5H,2H2,1H3,(H,8,9)(H2,10,11,12);;/q;2*+1/p-2. The van der Waals surface area contributed by atoms with Crippen LogP contribution >= 0.6 is 7.75 Å². The molecule has 2 N–H and O–H groups in total. The van der Waals surface area contributed by atoms with Crippen LogP contribution in [0.15, 0.2) is 0 Å². The SMILES string of the molecule is CN(CC(=O)O)N(C=N)P(=O)([O-])[O-].[Na+].[Na+]. The number of hydrogen-bond acceptors (Lipinski definition) is 6. The summed E-state index contributed by atoms with van der Waals surface area (Å²) in [5.74, 6) is -1.30. The number of hydrazine groups is 1. The minimum atomic E-state index is -5.14. The molecule has 0 aliphatic carbocycles. The van der Waals surface area contributed by atoms with Crippen LogP contribution in [0.1, 0.15) is 0 Å². The third-order valence-corrected chi connectivity index (χ3v) is 2.00. The van der Waals surface area contributed by atoms with E-state index in [1.165, 1.54) is 0 Å². The zero-order chi connectivity index (χ0) is 10.6. The number of carboxylic acid groups (broad SMARTS) is 1. The molecule has 0 saturated carbocycles. The second kappa shape index (κ2) is 9.12. The van der Waals surface area contributed by atoms with Gasteiger partial charge in [0.1, 0.15) is 12.9 Å². The first-order chi connectivity index (χ1) is 5.79. The van der Waals surface area contributed by atoms with E-state index in [4.69, 9.17) is 10.5 Å². The number of nitrogens with one attached hydrogen (secondary N) is 1. The van der Waals surface area contributed by atoms with E-state index in [1.54, 1.807) is 0 Å². The molecule has 76 valence electrons. The molecule has 0 saturated heterocycles. The Hall–Kier alpha value is 1.05. The molecular formula is C4H8N3Na2O5P. The van der Waals surface area contributed by atoms with E-state index < -0.39 is 20.3 Å². The van der Waals surface area contributed by atoms with Crippen molar-refractivity contribution >= 4 is 20.1 Å². The van der Waals surface area contributed by atoms with Gasteiger partial charge in [0.05, 0.1) is 0 Å². The van der Waals surface area contributed by atoms with Crippen molar-refractivity contribution in [2.75, 3.05) is 13.6 Å². The van der Waals surface area contributed by atoms with Gasteiger partial charge in [-0.3, -0.25) is 15.0 Å². The van der Waals surface area contributed by atoms with Crippen LogP contribution < -0.4 is 68.9 Å². The monoisotopic (exact) mass is 255 g/mol. The number of rotatable bonds is 5. The molecule has 0 bridgehead atoms. The fourth-order valence-corrected chi connectivity index (χ4v) is 1.20. The van der Waals surface area contributed by atoms with E-state index in [-0.39, 0.29) is 70.2 Å². The molecular weight excluding hydrogens is 247 g/mol. The summed E-state index contributed by atoms with van der Waals surface area (Å²) in [6, 6.07) is 0. The topological polar surface area (TPSA) is 131 Å². The zero-order valence-corrected chi connectivity index (χ0v) is 13.6. The van der Waals surface area contributed by atoms with E-state index in [0.717, 1.165) is 7.05 Å². The molecule has 0 amide bonds. The summed E-state index contributed by atoms with van der Waals surface area (Å²) in [6.07, 6.45) is 0.240. The Labute approximate surface area is 131 Å². The summed E-state index contributed by atoms with van der Waals surface area (Å²) < 4.78 is 10.4. The minimum Gasteiger partial charge on any atom is -0.794 e. The number of carboxylic acids is 1. The fraction of sp³-hybridized carbons (Fsp3) is 0.500. The maximum Gasteiger partial charge on any atom is 1.00 e.